The molecule has 2 N–H and O–H groups in total. The van der Waals surface area contributed by atoms with Crippen LogP contribution in [0.2, 0.25) is 0 Å². The van der Waals surface area contributed by atoms with Crippen molar-refractivity contribution in [2.24, 2.45) is 17.1 Å². The van der Waals surface area contributed by atoms with Crippen LogP contribution in [0.15, 0.2) is 0 Å². The highest BCUT2D eigenvalue weighted by Crippen LogP contribution is 2.40. The third-order valence-electron chi connectivity index (χ3n) is 4.93. The highest BCUT2D eigenvalue weighted by Gasteiger charge is 2.40. The molecule has 2 rings (SSSR count). The van der Waals surface area contributed by atoms with Gasteiger partial charge in [0, 0.05) is 32.8 Å². The number of hydrogen-bond acceptors (Lipinski definition) is 3. The Morgan fingerprint density at radius 2 is 1.88 bits per heavy atom. The molecule has 1 saturated carbocycles. The molecule has 100 valence electrons. The molecule has 0 bridgehead atoms. The summed E-state index contributed by atoms with van der Waals surface area (Å²) in [6.07, 6.45) is 5.44. The van der Waals surface area contributed by atoms with Gasteiger partial charge in [-0.05, 0) is 37.0 Å². The lowest BCUT2D eigenvalue weighted by molar-refractivity contribution is 0.0354. The van der Waals surface area contributed by atoms with Gasteiger partial charge in [-0.25, -0.2) is 0 Å². The first-order chi connectivity index (χ1) is 8.03. The van der Waals surface area contributed by atoms with Crippen LogP contribution in [0.4, 0.5) is 0 Å². The van der Waals surface area contributed by atoms with Crippen LogP contribution in [0.3, 0.4) is 0 Å². The van der Waals surface area contributed by atoms with Crippen LogP contribution in [0.1, 0.15) is 39.5 Å². The molecular formula is C14H28N2O. The highest BCUT2D eigenvalue weighted by molar-refractivity contribution is 4.95. The third kappa shape index (κ3) is 3.01. The molecule has 0 aromatic heterocycles. The lowest BCUT2D eigenvalue weighted by atomic mass is 9.85. The van der Waals surface area contributed by atoms with E-state index in [0.717, 1.165) is 0 Å². The summed E-state index contributed by atoms with van der Waals surface area (Å²) in [5, 5.41) is 0. The fraction of sp³-hybridized carbons (Fsp3) is 1.00. The molecule has 3 nitrogen and oxygen atoms in total. The van der Waals surface area contributed by atoms with Gasteiger partial charge in [0.25, 0.3) is 0 Å². The second-order valence-corrected chi connectivity index (χ2v) is 6.55. The Bertz CT molecular complexity index is 247. The molecule has 2 atom stereocenters. The van der Waals surface area contributed by atoms with E-state index in [9.17, 15) is 0 Å². The van der Waals surface area contributed by atoms with Crippen LogP contribution in [-0.4, -0.2) is 43.8 Å². The van der Waals surface area contributed by atoms with Gasteiger partial charge in [-0.2, -0.15) is 0 Å². The van der Waals surface area contributed by atoms with Gasteiger partial charge in [-0.3, -0.25) is 0 Å². The second-order valence-electron chi connectivity index (χ2n) is 6.55. The molecule has 2 aliphatic rings. The smallest absolute Gasteiger partial charge is 0.0595 e. The van der Waals surface area contributed by atoms with Crippen molar-refractivity contribution in [3.63, 3.8) is 0 Å². The number of likely N-dealkylation sites (tertiary alicyclic amines) is 1. The maximum absolute atomic E-state index is 6.38. The van der Waals surface area contributed by atoms with E-state index in [1.807, 2.05) is 7.11 Å². The summed E-state index contributed by atoms with van der Waals surface area (Å²) >= 11 is 0. The van der Waals surface area contributed by atoms with Gasteiger partial charge in [0.1, 0.15) is 0 Å². The predicted octanol–water partition coefficient (Wildman–Crippen LogP) is 1.86. The number of nitrogens with two attached hydrogens (primary N) is 1. The standard InChI is InChI=1S/C14H28N2O/c1-14(2)7-4-11(13(14)15)10-16-8-5-12(17-3)6-9-16/h11-13H,4-10,15H2,1-3H3. The first-order valence-corrected chi connectivity index (χ1v) is 7.03. The fourth-order valence-electron chi connectivity index (χ4n) is 3.41. The Morgan fingerprint density at radius 3 is 2.35 bits per heavy atom. The summed E-state index contributed by atoms with van der Waals surface area (Å²) in [6, 6.07) is 0.377. The van der Waals surface area contributed by atoms with E-state index in [1.165, 1.54) is 45.3 Å². The molecule has 17 heavy (non-hydrogen) atoms. The minimum absolute atomic E-state index is 0.343. The average molecular weight is 240 g/mol. The number of piperidine rings is 1. The van der Waals surface area contributed by atoms with Crippen molar-refractivity contribution >= 4 is 0 Å². The first-order valence-electron chi connectivity index (χ1n) is 7.03. The normalized spacial score (nSPS) is 35.3. The molecular weight excluding hydrogens is 212 g/mol. The van der Waals surface area contributed by atoms with Gasteiger partial charge in [-0.15, -0.1) is 0 Å². The Balaban J connectivity index is 1.79. The van der Waals surface area contributed by atoms with Crippen molar-refractivity contribution in [3.05, 3.63) is 0 Å². The van der Waals surface area contributed by atoms with Gasteiger partial charge < -0.3 is 15.4 Å². The zero-order valence-electron chi connectivity index (χ0n) is 11.6. The molecule has 0 aromatic rings. The number of hydrogen-bond donors (Lipinski definition) is 1. The summed E-state index contributed by atoms with van der Waals surface area (Å²) in [6.45, 7) is 8.19. The first kappa shape index (κ1) is 13.3. The summed E-state index contributed by atoms with van der Waals surface area (Å²) in [4.78, 5) is 2.58. The predicted molar refractivity (Wildman–Crippen MR) is 71.0 cm³/mol. The maximum atomic E-state index is 6.38. The molecule has 3 heteroatoms. The van der Waals surface area contributed by atoms with E-state index in [0.29, 0.717) is 23.5 Å². The summed E-state index contributed by atoms with van der Waals surface area (Å²) in [5.74, 6) is 0.698. The summed E-state index contributed by atoms with van der Waals surface area (Å²) in [5.41, 5.74) is 6.72. The molecule has 2 fully saturated rings. The van der Waals surface area contributed by atoms with E-state index in [4.69, 9.17) is 10.5 Å². The van der Waals surface area contributed by atoms with E-state index in [1.54, 1.807) is 0 Å². The number of rotatable bonds is 3. The lowest BCUT2D eigenvalue weighted by Crippen LogP contribution is -2.45. The largest absolute Gasteiger partial charge is 0.381 e. The SMILES string of the molecule is COC1CCN(CC2CCC(C)(C)C2N)CC1. The van der Waals surface area contributed by atoms with Gasteiger partial charge in [0.15, 0.2) is 0 Å². The van der Waals surface area contributed by atoms with Crippen molar-refractivity contribution in [1.82, 2.24) is 4.90 Å². The molecule has 1 aliphatic heterocycles. The van der Waals surface area contributed by atoms with Crippen LogP contribution >= 0.6 is 0 Å². The Morgan fingerprint density at radius 1 is 1.24 bits per heavy atom. The van der Waals surface area contributed by atoms with E-state index >= 15 is 0 Å². The van der Waals surface area contributed by atoms with Crippen molar-refractivity contribution in [2.45, 2.75) is 51.7 Å². The van der Waals surface area contributed by atoms with Crippen LogP contribution in [0, 0.1) is 11.3 Å². The number of nitrogens with zero attached hydrogens (tertiary/aromatic N) is 1. The van der Waals surface area contributed by atoms with Gasteiger partial charge in [-0.1, -0.05) is 13.8 Å². The Hall–Kier alpha value is -0.120. The minimum Gasteiger partial charge on any atom is -0.381 e. The summed E-state index contributed by atoms with van der Waals surface area (Å²) < 4.78 is 5.41. The Kier molecular flexibility index (Phi) is 4.11. The molecule has 1 saturated heterocycles. The van der Waals surface area contributed by atoms with Crippen LogP contribution in [-0.2, 0) is 4.74 Å². The Labute approximate surface area is 106 Å². The quantitative estimate of drug-likeness (QED) is 0.818. The van der Waals surface area contributed by atoms with Crippen molar-refractivity contribution in [2.75, 3.05) is 26.7 Å². The van der Waals surface area contributed by atoms with Gasteiger partial charge in [0.05, 0.1) is 6.10 Å². The minimum atomic E-state index is 0.343. The second kappa shape index (κ2) is 5.25. The van der Waals surface area contributed by atoms with Crippen LogP contribution in [0.5, 0.6) is 0 Å². The summed E-state index contributed by atoms with van der Waals surface area (Å²) in [7, 11) is 1.83. The molecule has 0 spiro atoms. The highest BCUT2D eigenvalue weighted by atomic mass is 16.5. The lowest BCUT2D eigenvalue weighted by Gasteiger charge is -2.35. The molecule has 1 heterocycles. The van der Waals surface area contributed by atoms with Gasteiger partial charge >= 0.3 is 0 Å². The monoisotopic (exact) mass is 240 g/mol. The van der Waals surface area contributed by atoms with Gasteiger partial charge in [0.2, 0.25) is 0 Å². The van der Waals surface area contributed by atoms with Crippen molar-refractivity contribution in [1.29, 1.82) is 0 Å². The topological polar surface area (TPSA) is 38.5 Å². The maximum Gasteiger partial charge on any atom is 0.0595 e. The van der Waals surface area contributed by atoms with E-state index in [-0.39, 0.29) is 0 Å². The zero-order chi connectivity index (χ0) is 12.5. The fourth-order valence-corrected chi connectivity index (χ4v) is 3.41. The van der Waals surface area contributed by atoms with Crippen molar-refractivity contribution < 1.29 is 4.74 Å². The molecule has 0 amide bonds. The zero-order valence-corrected chi connectivity index (χ0v) is 11.6. The van der Waals surface area contributed by atoms with Crippen LogP contribution in [0.25, 0.3) is 0 Å². The van der Waals surface area contributed by atoms with Crippen molar-refractivity contribution in [3.8, 4) is 0 Å². The number of ether oxygens (including phenoxy) is 1. The average Bonchev–Trinajstić information content (AvgIpc) is 2.57. The molecule has 0 aromatic carbocycles. The van der Waals surface area contributed by atoms with Crippen LogP contribution < -0.4 is 5.73 Å². The molecule has 2 unspecified atom stereocenters. The third-order valence-corrected chi connectivity index (χ3v) is 4.93. The molecule has 0 radical (unpaired) electrons. The number of methoxy groups -OCH3 is 1. The van der Waals surface area contributed by atoms with E-state index in [2.05, 4.69) is 18.7 Å². The van der Waals surface area contributed by atoms with E-state index < -0.39 is 0 Å². The molecule has 1 aliphatic carbocycles.